The SMILES string of the molecule is CC(=O)c1cc(Cl)ccc1OCC1CN(C(=O)c2ccc(F)c3ccccc23)CCO1. The van der Waals surface area contributed by atoms with Crippen LogP contribution in [0, 0.1) is 5.82 Å². The second-order valence-corrected chi connectivity index (χ2v) is 7.83. The zero-order chi connectivity index (χ0) is 22.0. The van der Waals surface area contributed by atoms with Gasteiger partial charge in [0.05, 0.1) is 18.7 Å². The Morgan fingerprint density at radius 1 is 1.13 bits per heavy atom. The molecule has 1 saturated heterocycles. The average molecular weight is 442 g/mol. The topological polar surface area (TPSA) is 55.8 Å². The fourth-order valence-corrected chi connectivity index (χ4v) is 3.88. The molecule has 1 aliphatic heterocycles. The van der Waals surface area contributed by atoms with Crippen LogP contribution in [0.2, 0.25) is 5.02 Å². The Labute approximate surface area is 184 Å². The van der Waals surface area contributed by atoms with Crippen molar-refractivity contribution in [1.82, 2.24) is 4.90 Å². The first-order chi connectivity index (χ1) is 14.9. The van der Waals surface area contributed by atoms with Gasteiger partial charge in [-0.2, -0.15) is 0 Å². The summed E-state index contributed by atoms with van der Waals surface area (Å²) in [6.07, 6.45) is -0.361. The quantitative estimate of drug-likeness (QED) is 0.536. The van der Waals surface area contributed by atoms with Gasteiger partial charge in [-0.3, -0.25) is 9.59 Å². The van der Waals surface area contributed by atoms with Crippen molar-refractivity contribution in [3.8, 4) is 5.75 Å². The van der Waals surface area contributed by atoms with Crippen molar-refractivity contribution in [3.05, 3.63) is 76.6 Å². The molecule has 0 aromatic heterocycles. The predicted octanol–water partition coefficient (Wildman–Crippen LogP) is 4.75. The summed E-state index contributed by atoms with van der Waals surface area (Å²) in [6.45, 7) is 2.74. The molecule has 31 heavy (non-hydrogen) atoms. The van der Waals surface area contributed by atoms with E-state index in [-0.39, 0.29) is 30.2 Å². The van der Waals surface area contributed by atoms with Crippen LogP contribution >= 0.6 is 11.6 Å². The van der Waals surface area contributed by atoms with Crippen molar-refractivity contribution >= 4 is 34.1 Å². The molecule has 1 amide bonds. The van der Waals surface area contributed by atoms with E-state index in [0.717, 1.165) is 0 Å². The molecule has 0 spiro atoms. The number of hydrogen-bond acceptors (Lipinski definition) is 4. The van der Waals surface area contributed by atoms with Crippen molar-refractivity contribution in [2.45, 2.75) is 13.0 Å². The second kappa shape index (κ2) is 9.04. The molecule has 160 valence electrons. The zero-order valence-corrected chi connectivity index (χ0v) is 17.7. The van der Waals surface area contributed by atoms with Crippen LogP contribution in [0.5, 0.6) is 5.75 Å². The Bertz CT molecular complexity index is 1150. The highest BCUT2D eigenvalue weighted by atomic mass is 35.5. The standard InChI is InChI=1S/C24H21ClFNO4/c1-15(28)21-12-16(25)6-9-23(21)31-14-17-13-27(10-11-30-17)24(29)20-7-8-22(26)19-5-3-2-4-18(19)20/h2-9,12,17H,10-11,13-14H2,1H3. The lowest BCUT2D eigenvalue weighted by Gasteiger charge is -2.33. The molecule has 1 atom stereocenters. The number of rotatable bonds is 5. The van der Waals surface area contributed by atoms with Gasteiger partial charge in [0.2, 0.25) is 0 Å². The smallest absolute Gasteiger partial charge is 0.254 e. The molecule has 4 rings (SSSR count). The number of amides is 1. The van der Waals surface area contributed by atoms with Crippen LogP contribution in [0.3, 0.4) is 0 Å². The highest BCUT2D eigenvalue weighted by Gasteiger charge is 2.27. The Balaban J connectivity index is 1.48. The molecular formula is C24H21ClFNO4. The minimum Gasteiger partial charge on any atom is -0.490 e. The van der Waals surface area contributed by atoms with Gasteiger partial charge in [0.25, 0.3) is 5.91 Å². The molecule has 0 bridgehead atoms. The van der Waals surface area contributed by atoms with E-state index in [1.165, 1.54) is 19.1 Å². The number of halogens is 2. The molecule has 1 unspecified atom stereocenters. The number of ketones is 1. The molecule has 1 fully saturated rings. The van der Waals surface area contributed by atoms with Crippen LogP contribution in [-0.2, 0) is 4.74 Å². The Morgan fingerprint density at radius 3 is 2.68 bits per heavy atom. The molecule has 7 heteroatoms. The van der Waals surface area contributed by atoms with E-state index in [1.807, 2.05) is 0 Å². The van der Waals surface area contributed by atoms with E-state index in [2.05, 4.69) is 0 Å². The molecule has 1 aliphatic rings. The number of Topliss-reactive ketones (excluding diaryl/α,β-unsaturated/α-hetero) is 1. The fourth-order valence-electron chi connectivity index (χ4n) is 3.71. The third kappa shape index (κ3) is 4.55. The van der Waals surface area contributed by atoms with Crippen molar-refractivity contribution in [2.75, 3.05) is 26.3 Å². The lowest BCUT2D eigenvalue weighted by Crippen LogP contribution is -2.47. The van der Waals surface area contributed by atoms with Gasteiger partial charge >= 0.3 is 0 Å². The van der Waals surface area contributed by atoms with Crippen LogP contribution in [0.15, 0.2) is 54.6 Å². The zero-order valence-electron chi connectivity index (χ0n) is 16.9. The first-order valence-electron chi connectivity index (χ1n) is 9.95. The van der Waals surface area contributed by atoms with Crippen LogP contribution < -0.4 is 4.74 Å². The first-order valence-corrected chi connectivity index (χ1v) is 10.3. The summed E-state index contributed by atoms with van der Waals surface area (Å²) in [5.74, 6) is -0.263. The average Bonchev–Trinajstić information content (AvgIpc) is 2.78. The maximum Gasteiger partial charge on any atom is 0.254 e. The molecule has 0 saturated carbocycles. The number of ether oxygens (including phenoxy) is 2. The lowest BCUT2D eigenvalue weighted by atomic mass is 10.0. The summed E-state index contributed by atoms with van der Waals surface area (Å²) in [6, 6.07) is 14.6. The molecule has 5 nitrogen and oxygen atoms in total. The van der Waals surface area contributed by atoms with Crippen LogP contribution in [0.25, 0.3) is 10.8 Å². The van der Waals surface area contributed by atoms with Crippen molar-refractivity contribution in [1.29, 1.82) is 0 Å². The fraction of sp³-hybridized carbons (Fsp3) is 0.250. The molecule has 0 N–H and O–H groups in total. The van der Waals surface area contributed by atoms with E-state index in [0.29, 0.717) is 52.4 Å². The van der Waals surface area contributed by atoms with Crippen molar-refractivity contribution < 1.29 is 23.5 Å². The van der Waals surface area contributed by atoms with Gasteiger partial charge in [0, 0.05) is 22.5 Å². The van der Waals surface area contributed by atoms with Gasteiger partial charge in [-0.15, -0.1) is 0 Å². The summed E-state index contributed by atoms with van der Waals surface area (Å²) in [5.41, 5.74) is 0.851. The molecule has 1 heterocycles. The van der Waals surface area contributed by atoms with Gasteiger partial charge in [0.1, 0.15) is 24.3 Å². The highest BCUT2D eigenvalue weighted by Crippen LogP contribution is 2.25. The summed E-state index contributed by atoms with van der Waals surface area (Å²) in [7, 11) is 0. The van der Waals surface area contributed by atoms with E-state index < -0.39 is 0 Å². The molecule has 0 radical (unpaired) electrons. The van der Waals surface area contributed by atoms with Crippen molar-refractivity contribution in [2.24, 2.45) is 0 Å². The molecular weight excluding hydrogens is 421 g/mol. The third-order valence-corrected chi connectivity index (χ3v) is 5.51. The highest BCUT2D eigenvalue weighted by molar-refractivity contribution is 6.31. The third-order valence-electron chi connectivity index (χ3n) is 5.27. The van der Waals surface area contributed by atoms with E-state index in [9.17, 15) is 14.0 Å². The van der Waals surface area contributed by atoms with Crippen LogP contribution in [-0.4, -0.2) is 49.0 Å². The maximum absolute atomic E-state index is 14.1. The van der Waals surface area contributed by atoms with E-state index in [4.69, 9.17) is 21.1 Å². The second-order valence-electron chi connectivity index (χ2n) is 7.39. The minimum atomic E-state index is -0.361. The first kappa shape index (κ1) is 21.3. The van der Waals surface area contributed by atoms with Crippen LogP contribution in [0.1, 0.15) is 27.6 Å². The number of morpholine rings is 1. The van der Waals surface area contributed by atoms with Gasteiger partial charge < -0.3 is 14.4 Å². The molecule has 3 aromatic carbocycles. The number of benzene rings is 3. The van der Waals surface area contributed by atoms with E-state index >= 15 is 0 Å². The number of carbonyl (C=O) groups is 2. The molecule has 0 aliphatic carbocycles. The summed E-state index contributed by atoms with van der Waals surface area (Å²) >= 11 is 5.97. The van der Waals surface area contributed by atoms with Gasteiger partial charge in [-0.05, 0) is 42.6 Å². The predicted molar refractivity (Wildman–Crippen MR) is 117 cm³/mol. The summed E-state index contributed by atoms with van der Waals surface area (Å²) in [5, 5.41) is 1.45. The Morgan fingerprint density at radius 2 is 1.90 bits per heavy atom. The number of fused-ring (bicyclic) bond motifs is 1. The van der Waals surface area contributed by atoms with Gasteiger partial charge in [-0.25, -0.2) is 4.39 Å². The molecule has 3 aromatic rings. The normalized spacial score (nSPS) is 16.4. The Hall–Kier alpha value is -2.96. The van der Waals surface area contributed by atoms with Gasteiger partial charge in [-0.1, -0.05) is 35.9 Å². The largest absolute Gasteiger partial charge is 0.490 e. The van der Waals surface area contributed by atoms with Crippen LogP contribution in [0.4, 0.5) is 4.39 Å². The maximum atomic E-state index is 14.1. The summed E-state index contributed by atoms with van der Waals surface area (Å²) in [4.78, 5) is 26.7. The number of nitrogens with zero attached hydrogens (tertiary/aromatic N) is 1. The monoisotopic (exact) mass is 441 g/mol. The minimum absolute atomic E-state index is 0.151. The number of carbonyl (C=O) groups excluding carboxylic acids is 2. The number of hydrogen-bond donors (Lipinski definition) is 0. The van der Waals surface area contributed by atoms with E-state index in [1.54, 1.807) is 47.4 Å². The van der Waals surface area contributed by atoms with Crippen molar-refractivity contribution in [3.63, 3.8) is 0 Å². The lowest BCUT2D eigenvalue weighted by molar-refractivity contribution is -0.0401. The summed E-state index contributed by atoms with van der Waals surface area (Å²) < 4.78 is 25.7. The Kier molecular flexibility index (Phi) is 6.20. The van der Waals surface area contributed by atoms with Gasteiger partial charge in [0.15, 0.2) is 5.78 Å².